The van der Waals surface area contributed by atoms with E-state index in [4.69, 9.17) is 16.3 Å². The van der Waals surface area contributed by atoms with Gasteiger partial charge in [-0.2, -0.15) is 5.10 Å². The minimum Gasteiger partial charge on any atom is -0.470 e. The molecule has 0 atom stereocenters. The summed E-state index contributed by atoms with van der Waals surface area (Å²) in [6, 6.07) is 20.9. The van der Waals surface area contributed by atoms with Crippen molar-refractivity contribution < 1.29 is 14.5 Å². The summed E-state index contributed by atoms with van der Waals surface area (Å²) in [7, 11) is 0. The second-order valence-electron chi connectivity index (χ2n) is 7.29. The number of nitro benzene ring substituents is 1. The molecule has 0 radical (unpaired) electrons. The van der Waals surface area contributed by atoms with Crippen LogP contribution in [0.5, 0.6) is 5.75 Å². The number of para-hydroxylation sites is 1. The lowest BCUT2D eigenvalue weighted by molar-refractivity contribution is -0.385. The van der Waals surface area contributed by atoms with Gasteiger partial charge in [0, 0.05) is 33.8 Å². The van der Waals surface area contributed by atoms with Crippen molar-refractivity contribution in [1.29, 1.82) is 0 Å². The molecule has 0 saturated carbocycles. The Balaban J connectivity index is 1.46. The third kappa shape index (κ3) is 5.94. The second kappa shape index (κ2) is 10.4. The summed E-state index contributed by atoms with van der Waals surface area (Å²) in [5, 5.41) is 18.8. The smallest absolute Gasteiger partial charge is 0.276 e. The molecule has 3 aromatic carbocycles. The zero-order valence-corrected chi connectivity index (χ0v) is 19.5. The van der Waals surface area contributed by atoms with Crippen molar-refractivity contribution in [3.05, 3.63) is 105 Å². The molecule has 0 aliphatic rings. The highest BCUT2D eigenvalue weighted by Gasteiger charge is 2.15. The predicted octanol–water partition coefficient (Wildman–Crippen LogP) is 6.19. The van der Waals surface area contributed by atoms with E-state index in [1.165, 1.54) is 34.6 Å². The van der Waals surface area contributed by atoms with E-state index in [0.717, 1.165) is 10.5 Å². The summed E-state index contributed by atoms with van der Waals surface area (Å²) < 4.78 is 7.06. The van der Waals surface area contributed by atoms with Gasteiger partial charge < -0.3 is 10.1 Å². The number of amides is 1. The minimum absolute atomic E-state index is 0.0607. The SMILES string of the molecule is Cc1ccc(Sc2cc(NC(=O)c3ccn(COc4ccccc4Cl)n3)cc([N+](=O)[O-])c2)cc1. The summed E-state index contributed by atoms with van der Waals surface area (Å²) in [5.74, 6) is 0.00384. The lowest BCUT2D eigenvalue weighted by Crippen LogP contribution is -2.14. The number of ether oxygens (including phenoxy) is 1. The van der Waals surface area contributed by atoms with E-state index in [2.05, 4.69) is 10.4 Å². The van der Waals surface area contributed by atoms with Gasteiger partial charge in [-0.05, 0) is 43.3 Å². The van der Waals surface area contributed by atoms with E-state index >= 15 is 0 Å². The van der Waals surface area contributed by atoms with Crippen molar-refractivity contribution in [2.24, 2.45) is 0 Å². The highest BCUT2D eigenvalue weighted by Crippen LogP contribution is 2.33. The van der Waals surface area contributed by atoms with Crippen molar-refractivity contribution >= 4 is 40.6 Å². The summed E-state index contributed by atoms with van der Waals surface area (Å²) in [5.41, 5.74) is 1.44. The van der Waals surface area contributed by atoms with Gasteiger partial charge in [-0.25, -0.2) is 4.68 Å². The van der Waals surface area contributed by atoms with E-state index in [-0.39, 0.29) is 18.1 Å². The largest absolute Gasteiger partial charge is 0.470 e. The maximum absolute atomic E-state index is 12.7. The van der Waals surface area contributed by atoms with Crippen LogP contribution in [-0.4, -0.2) is 20.6 Å². The molecule has 1 heterocycles. The Hall–Kier alpha value is -3.82. The number of nitrogens with one attached hydrogen (secondary N) is 1. The van der Waals surface area contributed by atoms with Gasteiger partial charge in [0.15, 0.2) is 12.4 Å². The van der Waals surface area contributed by atoms with E-state index < -0.39 is 10.8 Å². The molecule has 1 N–H and O–H groups in total. The number of anilines is 1. The Bertz CT molecular complexity index is 1340. The topological polar surface area (TPSA) is 99.3 Å². The van der Waals surface area contributed by atoms with Gasteiger partial charge in [0.2, 0.25) is 0 Å². The Morgan fingerprint density at radius 1 is 1.12 bits per heavy atom. The number of aryl methyl sites for hydroxylation is 1. The first kappa shape index (κ1) is 23.3. The lowest BCUT2D eigenvalue weighted by atomic mass is 10.2. The van der Waals surface area contributed by atoms with Crippen LogP contribution in [0.2, 0.25) is 5.02 Å². The quantitative estimate of drug-likeness (QED) is 0.231. The van der Waals surface area contributed by atoms with Gasteiger partial charge in [0.05, 0.1) is 9.95 Å². The molecule has 1 amide bonds. The molecule has 1 aromatic heterocycles. The van der Waals surface area contributed by atoms with E-state index in [1.54, 1.807) is 36.5 Å². The number of nitro groups is 1. The molecule has 0 bridgehead atoms. The van der Waals surface area contributed by atoms with Gasteiger partial charge in [-0.1, -0.05) is 53.2 Å². The molecule has 0 unspecified atom stereocenters. The summed E-state index contributed by atoms with van der Waals surface area (Å²) in [4.78, 5) is 25.2. The fourth-order valence-corrected chi connectivity index (χ4v) is 4.11. The molecule has 4 rings (SSSR count). The van der Waals surface area contributed by atoms with Gasteiger partial charge in [0.25, 0.3) is 11.6 Å². The lowest BCUT2D eigenvalue weighted by Gasteiger charge is -2.08. The summed E-state index contributed by atoms with van der Waals surface area (Å²) in [6.45, 7) is 2.05. The highest BCUT2D eigenvalue weighted by molar-refractivity contribution is 7.99. The molecule has 172 valence electrons. The van der Waals surface area contributed by atoms with Gasteiger partial charge >= 0.3 is 0 Å². The number of carbonyl (C=O) groups is 1. The molecule has 0 fully saturated rings. The van der Waals surface area contributed by atoms with Crippen molar-refractivity contribution in [1.82, 2.24) is 9.78 Å². The van der Waals surface area contributed by atoms with Crippen LogP contribution in [-0.2, 0) is 6.73 Å². The fraction of sp³-hybridized carbons (Fsp3) is 0.0833. The number of hydrogen-bond acceptors (Lipinski definition) is 6. The van der Waals surface area contributed by atoms with Gasteiger partial charge in [-0.3, -0.25) is 14.9 Å². The third-order valence-electron chi connectivity index (χ3n) is 4.68. The average Bonchev–Trinajstić information content (AvgIpc) is 3.29. The first-order valence-electron chi connectivity index (χ1n) is 10.1. The highest BCUT2D eigenvalue weighted by atomic mass is 35.5. The zero-order chi connectivity index (χ0) is 24.1. The van der Waals surface area contributed by atoms with E-state index in [9.17, 15) is 14.9 Å². The number of halogens is 1. The Labute approximate surface area is 204 Å². The van der Waals surface area contributed by atoms with Crippen LogP contribution in [0, 0.1) is 17.0 Å². The maximum Gasteiger partial charge on any atom is 0.276 e. The first-order chi connectivity index (χ1) is 16.4. The second-order valence-corrected chi connectivity index (χ2v) is 8.84. The Kier molecular flexibility index (Phi) is 7.15. The summed E-state index contributed by atoms with van der Waals surface area (Å²) in [6.07, 6.45) is 1.60. The monoisotopic (exact) mass is 494 g/mol. The van der Waals surface area contributed by atoms with Crippen LogP contribution in [0.4, 0.5) is 11.4 Å². The van der Waals surface area contributed by atoms with Crippen molar-refractivity contribution in [2.75, 3.05) is 5.32 Å². The molecule has 0 saturated heterocycles. The van der Waals surface area contributed by atoms with Crippen molar-refractivity contribution in [3.63, 3.8) is 0 Å². The normalized spacial score (nSPS) is 10.6. The van der Waals surface area contributed by atoms with Gasteiger partial charge in [-0.15, -0.1) is 0 Å². The number of carbonyl (C=O) groups excluding carboxylic acids is 1. The number of nitrogens with zero attached hydrogens (tertiary/aromatic N) is 3. The van der Waals surface area contributed by atoms with E-state index in [1.807, 2.05) is 31.2 Å². The van der Waals surface area contributed by atoms with E-state index in [0.29, 0.717) is 21.4 Å². The maximum atomic E-state index is 12.7. The van der Waals surface area contributed by atoms with Crippen molar-refractivity contribution in [3.8, 4) is 5.75 Å². The van der Waals surface area contributed by atoms with Crippen LogP contribution >= 0.6 is 23.4 Å². The summed E-state index contributed by atoms with van der Waals surface area (Å²) >= 11 is 7.45. The predicted molar refractivity (Wildman–Crippen MR) is 131 cm³/mol. The third-order valence-corrected chi connectivity index (χ3v) is 5.97. The molecule has 10 heteroatoms. The number of non-ortho nitro benzene ring substituents is 1. The van der Waals surface area contributed by atoms with Crippen molar-refractivity contribution in [2.45, 2.75) is 23.4 Å². The molecular formula is C24H19ClN4O4S. The number of aromatic nitrogens is 2. The van der Waals surface area contributed by atoms with Crippen LogP contribution in [0.3, 0.4) is 0 Å². The van der Waals surface area contributed by atoms with Crippen LogP contribution in [0.25, 0.3) is 0 Å². The molecule has 0 spiro atoms. The molecule has 4 aromatic rings. The molecular weight excluding hydrogens is 476 g/mol. The fourth-order valence-electron chi connectivity index (χ4n) is 3.01. The van der Waals surface area contributed by atoms with Crippen LogP contribution in [0.1, 0.15) is 16.1 Å². The zero-order valence-electron chi connectivity index (χ0n) is 18.0. The molecule has 8 nitrogen and oxygen atoms in total. The molecule has 34 heavy (non-hydrogen) atoms. The molecule has 0 aliphatic carbocycles. The van der Waals surface area contributed by atoms with Gasteiger partial charge in [0.1, 0.15) is 5.75 Å². The van der Waals surface area contributed by atoms with Crippen LogP contribution in [0.15, 0.2) is 88.8 Å². The van der Waals surface area contributed by atoms with Crippen LogP contribution < -0.4 is 10.1 Å². The standard InChI is InChI=1S/C24H19ClN4O4S/c1-16-6-8-19(9-7-16)34-20-13-17(12-18(14-20)29(31)32)26-24(30)22-10-11-28(27-22)15-33-23-5-3-2-4-21(23)25/h2-14H,15H2,1H3,(H,26,30). The number of benzene rings is 3. The average molecular weight is 495 g/mol. The number of hydrogen-bond donors (Lipinski definition) is 1. The first-order valence-corrected chi connectivity index (χ1v) is 11.3. The molecule has 0 aliphatic heterocycles. The Morgan fingerprint density at radius 3 is 2.62 bits per heavy atom. The number of rotatable bonds is 8. The minimum atomic E-state index is -0.497. The Morgan fingerprint density at radius 2 is 1.88 bits per heavy atom.